The van der Waals surface area contributed by atoms with Gasteiger partial charge in [-0.2, -0.15) is 0 Å². The highest BCUT2D eigenvalue weighted by Gasteiger charge is 2.01. The predicted octanol–water partition coefficient (Wildman–Crippen LogP) is 2.91. The van der Waals surface area contributed by atoms with E-state index in [-0.39, 0.29) is 12.5 Å². The topological polar surface area (TPSA) is 47.6 Å². The van der Waals surface area contributed by atoms with Crippen LogP contribution in [0.15, 0.2) is 24.3 Å². The number of unbranched alkanes of at least 4 members (excludes halogenated alkanes) is 2. The maximum Gasteiger partial charge on any atom is 0.319 e. The van der Waals surface area contributed by atoms with Gasteiger partial charge in [0, 0.05) is 6.54 Å². The molecule has 4 heteroatoms. The number of benzene rings is 1. The lowest BCUT2D eigenvalue weighted by Gasteiger charge is -2.08. The largest absolute Gasteiger partial charge is 0.494 e. The Kier molecular flexibility index (Phi) is 8.47. The quantitative estimate of drug-likeness (QED) is 0.528. The Labute approximate surface area is 121 Å². The van der Waals surface area contributed by atoms with Crippen molar-refractivity contribution in [2.75, 3.05) is 19.8 Å². The third-order valence-corrected chi connectivity index (χ3v) is 2.84. The van der Waals surface area contributed by atoms with E-state index in [1.165, 1.54) is 12.8 Å². The molecule has 0 unspecified atom stereocenters. The highest BCUT2D eigenvalue weighted by molar-refractivity contribution is 5.71. The van der Waals surface area contributed by atoms with Crippen LogP contribution in [0.1, 0.15) is 38.7 Å². The minimum atomic E-state index is -0.219. The van der Waals surface area contributed by atoms with Gasteiger partial charge in [-0.15, -0.1) is 0 Å². The van der Waals surface area contributed by atoms with Crippen LogP contribution in [0, 0.1) is 0 Å². The van der Waals surface area contributed by atoms with E-state index in [1.807, 2.05) is 24.3 Å². The van der Waals surface area contributed by atoms with Crippen molar-refractivity contribution in [3.63, 3.8) is 0 Å². The van der Waals surface area contributed by atoms with Crippen LogP contribution in [-0.2, 0) is 16.1 Å². The lowest BCUT2D eigenvalue weighted by atomic mass is 10.2. The summed E-state index contributed by atoms with van der Waals surface area (Å²) in [5, 5.41) is 3.05. The molecule has 20 heavy (non-hydrogen) atoms. The second-order valence-electron chi connectivity index (χ2n) is 4.61. The first-order valence-corrected chi connectivity index (χ1v) is 7.34. The molecular weight excluding hydrogens is 254 g/mol. The molecule has 0 amide bonds. The zero-order valence-electron chi connectivity index (χ0n) is 12.5. The number of hydrogen-bond donors (Lipinski definition) is 1. The fourth-order valence-corrected chi connectivity index (χ4v) is 1.77. The molecule has 0 saturated carbocycles. The van der Waals surface area contributed by atoms with Gasteiger partial charge < -0.3 is 14.8 Å². The van der Waals surface area contributed by atoms with Crippen molar-refractivity contribution in [1.82, 2.24) is 5.32 Å². The number of esters is 1. The monoisotopic (exact) mass is 279 g/mol. The molecule has 1 rings (SSSR count). The van der Waals surface area contributed by atoms with E-state index in [0.717, 1.165) is 24.3 Å². The molecule has 0 aliphatic heterocycles. The van der Waals surface area contributed by atoms with Crippen LogP contribution in [0.4, 0.5) is 0 Å². The van der Waals surface area contributed by atoms with Gasteiger partial charge in [0.05, 0.1) is 19.8 Å². The fourth-order valence-electron chi connectivity index (χ4n) is 1.77. The van der Waals surface area contributed by atoms with Crippen LogP contribution >= 0.6 is 0 Å². The van der Waals surface area contributed by atoms with Gasteiger partial charge in [0.15, 0.2) is 0 Å². The molecule has 0 fully saturated rings. The summed E-state index contributed by atoms with van der Waals surface area (Å²) < 4.78 is 10.5. The Morgan fingerprint density at radius 2 is 1.90 bits per heavy atom. The normalized spacial score (nSPS) is 10.3. The summed E-state index contributed by atoms with van der Waals surface area (Å²) in [6, 6.07) is 7.95. The van der Waals surface area contributed by atoms with Gasteiger partial charge >= 0.3 is 5.97 Å². The number of carbonyl (C=O) groups is 1. The van der Waals surface area contributed by atoms with E-state index in [1.54, 1.807) is 6.92 Å². The molecule has 1 aromatic rings. The number of rotatable bonds is 10. The molecule has 0 aliphatic rings. The average Bonchev–Trinajstić information content (AvgIpc) is 2.45. The summed E-state index contributed by atoms with van der Waals surface area (Å²) in [6.07, 6.45) is 3.50. The first-order chi connectivity index (χ1) is 9.76. The Hall–Kier alpha value is -1.55. The maximum absolute atomic E-state index is 11.2. The summed E-state index contributed by atoms with van der Waals surface area (Å²) in [4.78, 5) is 11.2. The highest BCUT2D eigenvalue weighted by atomic mass is 16.5. The third kappa shape index (κ3) is 7.14. The lowest BCUT2D eigenvalue weighted by molar-refractivity contribution is -0.142. The first-order valence-electron chi connectivity index (χ1n) is 7.34. The molecular formula is C16H25NO3. The molecule has 0 spiro atoms. The molecule has 1 N–H and O–H groups in total. The van der Waals surface area contributed by atoms with Gasteiger partial charge in [-0.1, -0.05) is 31.9 Å². The smallest absolute Gasteiger partial charge is 0.319 e. The van der Waals surface area contributed by atoms with Crippen LogP contribution in [0.25, 0.3) is 0 Å². The van der Waals surface area contributed by atoms with Crippen molar-refractivity contribution < 1.29 is 14.3 Å². The lowest BCUT2D eigenvalue weighted by Crippen LogP contribution is -2.24. The summed E-state index contributed by atoms with van der Waals surface area (Å²) in [5.41, 5.74) is 1.12. The van der Waals surface area contributed by atoms with Gasteiger partial charge in [0.1, 0.15) is 5.75 Å². The molecule has 112 valence electrons. The summed E-state index contributed by atoms with van der Waals surface area (Å²) in [6.45, 7) is 6.06. The predicted molar refractivity (Wildman–Crippen MR) is 79.8 cm³/mol. The number of carbonyl (C=O) groups excluding carboxylic acids is 1. The van der Waals surface area contributed by atoms with Crippen LogP contribution in [-0.4, -0.2) is 25.7 Å². The van der Waals surface area contributed by atoms with Crippen molar-refractivity contribution in [1.29, 1.82) is 0 Å². The molecule has 0 aliphatic carbocycles. The Bertz CT molecular complexity index is 376. The van der Waals surface area contributed by atoms with Crippen LogP contribution in [0.2, 0.25) is 0 Å². The van der Waals surface area contributed by atoms with Crippen LogP contribution < -0.4 is 10.1 Å². The minimum Gasteiger partial charge on any atom is -0.494 e. The zero-order chi connectivity index (χ0) is 14.6. The van der Waals surface area contributed by atoms with Crippen molar-refractivity contribution in [3.8, 4) is 5.75 Å². The number of ether oxygens (including phenoxy) is 2. The second-order valence-corrected chi connectivity index (χ2v) is 4.61. The van der Waals surface area contributed by atoms with E-state index in [9.17, 15) is 4.79 Å². The SMILES string of the molecule is CCCCCOc1ccc(CNCC(=O)OCC)cc1. The van der Waals surface area contributed by atoms with E-state index in [0.29, 0.717) is 13.2 Å². The fraction of sp³-hybridized carbons (Fsp3) is 0.562. The van der Waals surface area contributed by atoms with E-state index < -0.39 is 0 Å². The summed E-state index contributed by atoms with van der Waals surface area (Å²) >= 11 is 0. The molecule has 0 heterocycles. The molecule has 1 aromatic carbocycles. The zero-order valence-corrected chi connectivity index (χ0v) is 12.5. The van der Waals surface area contributed by atoms with Gasteiger partial charge in [-0.05, 0) is 31.0 Å². The Morgan fingerprint density at radius 1 is 1.15 bits per heavy atom. The van der Waals surface area contributed by atoms with Crippen molar-refractivity contribution in [3.05, 3.63) is 29.8 Å². The maximum atomic E-state index is 11.2. The summed E-state index contributed by atoms with van der Waals surface area (Å²) in [5.74, 6) is 0.679. The number of nitrogens with one attached hydrogen (secondary N) is 1. The van der Waals surface area contributed by atoms with E-state index in [4.69, 9.17) is 9.47 Å². The van der Waals surface area contributed by atoms with Crippen LogP contribution in [0.5, 0.6) is 5.75 Å². The standard InChI is InChI=1S/C16H25NO3/c1-3-5-6-11-20-15-9-7-14(8-10-15)12-17-13-16(18)19-4-2/h7-10,17H,3-6,11-13H2,1-2H3. The molecule has 0 bridgehead atoms. The van der Waals surface area contributed by atoms with Crippen molar-refractivity contribution in [2.45, 2.75) is 39.7 Å². The Morgan fingerprint density at radius 3 is 2.55 bits per heavy atom. The summed E-state index contributed by atoms with van der Waals surface area (Å²) in [7, 11) is 0. The molecule has 0 radical (unpaired) electrons. The molecule has 0 aromatic heterocycles. The minimum absolute atomic E-state index is 0.219. The third-order valence-electron chi connectivity index (χ3n) is 2.84. The van der Waals surface area contributed by atoms with E-state index >= 15 is 0 Å². The van der Waals surface area contributed by atoms with Gasteiger partial charge in [0.25, 0.3) is 0 Å². The average molecular weight is 279 g/mol. The molecule has 4 nitrogen and oxygen atoms in total. The van der Waals surface area contributed by atoms with Gasteiger partial charge in [-0.25, -0.2) is 0 Å². The molecule has 0 saturated heterocycles. The van der Waals surface area contributed by atoms with Gasteiger partial charge in [0.2, 0.25) is 0 Å². The second kappa shape index (κ2) is 10.3. The Balaban J connectivity index is 2.23. The van der Waals surface area contributed by atoms with Crippen molar-refractivity contribution >= 4 is 5.97 Å². The highest BCUT2D eigenvalue weighted by Crippen LogP contribution is 2.12. The van der Waals surface area contributed by atoms with Crippen LogP contribution in [0.3, 0.4) is 0 Å². The van der Waals surface area contributed by atoms with Gasteiger partial charge in [-0.3, -0.25) is 4.79 Å². The van der Waals surface area contributed by atoms with Crippen molar-refractivity contribution in [2.24, 2.45) is 0 Å². The first kappa shape index (κ1) is 16.5. The number of hydrogen-bond acceptors (Lipinski definition) is 4. The molecule has 0 atom stereocenters. The van der Waals surface area contributed by atoms with E-state index in [2.05, 4.69) is 12.2 Å².